The van der Waals surface area contributed by atoms with Crippen molar-refractivity contribution in [3.63, 3.8) is 0 Å². The molecule has 1 aromatic carbocycles. The Morgan fingerprint density at radius 1 is 1.10 bits per heavy atom. The monoisotopic (exact) mass is 302 g/mol. The number of rotatable bonds is 2. The van der Waals surface area contributed by atoms with Crippen molar-refractivity contribution in [1.82, 2.24) is 0 Å². The first-order chi connectivity index (χ1) is 9.33. The normalized spacial score (nSPS) is 35.4. The molecule has 2 aliphatic heterocycles. The first-order valence-electron chi connectivity index (χ1n) is 6.66. The van der Waals surface area contributed by atoms with Crippen molar-refractivity contribution in [3.8, 4) is 0 Å². The van der Waals surface area contributed by atoms with E-state index in [0.717, 1.165) is 0 Å². The van der Waals surface area contributed by atoms with E-state index >= 15 is 0 Å². The van der Waals surface area contributed by atoms with Crippen molar-refractivity contribution < 1.29 is 22.3 Å². The summed E-state index contributed by atoms with van der Waals surface area (Å²) in [6.07, 6.45) is -1.03. The van der Waals surface area contributed by atoms with Gasteiger partial charge in [-0.25, -0.2) is 17.2 Å². The smallest absolute Gasteiger partial charge is 0.263 e. The Labute approximate surface area is 116 Å². The highest BCUT2D eigenvalue weighted by Gasteiger charge is 2.53. The summed E-state index contributed by atoms with van der Waals surface area (Å²) in [5.41, 5.74) is -0.768. The number of alkyl halides is 2. The Hall–Kier alpha value is -1.01. The molecular weight excluding hydrogens is 286 g/mol. The van der Waals surface area contributed by atoms with Gasteiger partial charge in [0.05, 0.1) is 16.1 Å². The van der Waals surface area contributed by atoms with Gasteiger partial charge in [0.1, 0.15) is 0 Å². The number of hydrogen-bond donors (Lipinski definition) is 1. The van der Waals surface area contributed by atoms with E-state index in [0.29, 0.717) is 18.4 Å². The summed E-state index contributed by atoms with van der Waals surface area (Å²) in [7, 11) is -3.11. The number of aliphatic hydroxyl groups is 1. The predicted molar refractivity (Wildman–Crippen MR) is 70.3 cm³/mol. The van der Waals surface area contributed by atoms with Gasteiger partial charge in [0.15, 0.2) is 9.84 Å². The standard InChI is InChI=1S/C14H16F2O3S/c15-13(16)9-1-3-10(4-2-9)14(17)7-11-5-6-12(8-14)20(11,18)19/h1-4,11-13,17H,5-8H2. The van der Waals surface area contributed by atoms with Crippen LogP contribution in [-0.2, 0) is 15.4 Å². The van der Waals surface area contributed by atoms with E-state index in [1.165, 1.54) is 24.3 Å². The maximum Gasteiger partial charge on any atom is 0.263 e. The topological polar surface area (TPSA) is 54.4 Å². The molecule has 1 aromatic rings. The maximum atomic E-state index is 12.5. The van der Waals surface area contributed by atoms with Crippen LogP contribution in [0.3, 0.4) is 0 Å². The lowest BCUT2D eigenvalue weighted by Crippen LogP contribution is -2.43. The van der Waals surface area contributed by atoms with Gasteiger partial charge >= 0.3 is 0 Å². The summed E-state index contributed by atoms with van der Waals surface area (Å²) < 4.78 is 49.1. The van der Waals surface area contributed by atoms with Crippen LogP contribution < -0.4 is 0 Å². The van der Waals surface area contributed by atoms with Crippen LogP contribution in [0, 0.1) is 0 Å². The molecule has 3 rings (SSSR count). The van der Waals surface area contributed by atoms with Crippen molar-refractivity contribution in [2.45, 2.75) is 48.2 Å². The van der Waals surface area contributed by atoms with Crippen LogP contribution in [0.5, 0.6) is 0 Å². The third kappa shape index (κ3) is 2.05. The van der Waals surface area contributed by atoms with E-state index in [1.54, 1.807) is 0 Å². The van der Waals surface area contributed by atoms with Crippen LogP contribution in [0.2, 0.25) is 0 Å². The summed E-state index contributed by atoms with van der Waals surface area (Å²) in [6.45, 7) is 0. The lowest BCUT2D eigenvalue weighted by Gasteiger charge is -2.36. The predicted octanol–water partition coefficient (Wildman–Crippen LogP) is 2.55. The lowest BCUT2D eigenvalue weighted by molar-refractivity contribution is 0.0172. The molecule has 0 amide bonds. The Kier molecular flexibility index (Phi) is 3.14. The van der Waals surface area contributed by atoms with E-state index in [-0.39, 0.29) is 18.4 Å². The molecule has 0 aliphatic carbocycles. The van der Waals surface area contributed by atoms with Gasteiger partial charge in [0.2, 0.25) is 0 Å². The Morgan fingerprint density at radius 2 is 1.60 bits per heavy atom. The third-order valence-electron chi connectivity index (χ3n) is 4.57. The summed E-state index contributed by atoms with van der Waals surface area (Å²) in [5, 5.41) is 9.74. The molecule has 6 heteroatoms. The highest BCUT2D eigenvalue weighted by atomic mass is 32.2. The van der Waals surface area contributed by atoms with Crippen molar-refractivity contribution in [2.24, 2.45) is 0 Å². The first-order valence-corrected chi connectivity index (χ1v) is 8.27. The van der Waals surface area contributed by atoms with Crippen LogP contribution in [-0.4, -0.2) is 24.0 Å². The SMILES string of the molecule is O=S1(=O)C2CCC1CC(O)(c1ccc(C(F)F)cc1)C2. The number of halogens is 2. The van der Waals surface area contributed by atoms with Gasteiger partial charge in [0.25, 0.3) is 6.43 Å². The van der Waals surface area contributed by atoms with Crippen LogP contribution in [0.4, 0.5) is 8.78 Å². The van der Waals surface area contributed by atoms with E-state index in [4.69, 9.17) is 0 Å². The first kappa shape index (κ1) is 13.9. The second kappa shape index (κ2) is 4.49. The molecule has 0 spiro atoms. The van der Waals surface area contributed by atoms with Crippen LogP contribution in [0.15, 0.2) is 24.3 Å². The second-order valence-corrected chi connectivity index (χ2v) is 8.28. The minimum Gasteiger partial charge on any atom is -0.385 e. The molecule has 0 aromatic heterocycles. The molecule has 2 atom stereocenters. The Bertz CT molecular complexity index is 590. The molecule has 1 N–H and O–H groups in total. The van der Waals surface area contributed by atoms with Gasteiger partial charge < -0.3 is 5.11 Å². The average molecular weight is 302 g/mol. The van der Waals surface area contributed by atoms with Crippen LogP contribution in [0.1, 0.15) is 43.2 Å². The van der Waals surface area contributed by atoms with Gasteiger partial charge in [-0.3, -0.25) is 0 Å². The zero-order chi connectivity index (χ0) is 14.5. The average Bonchev–Trinajstić information content (AvgIpc) is 2.59. The molecular formula is C14H16F2O3S. The quantitative estimate of drug-likeness (QED) is 0.913. The molecule has 2 unspecified atom stereocenters. The van der Waals surface area contributed by atoms with Crippen molar-refractivity contribution in [3.05, 3.63) is 35.4 Å². The van der Waals surface area contributed by atoms with Crippen LogP contribution in [0.25, 0.3) is 0 Å². The maximum absolute atomic E-state index is 12.5. The lowest BCUT2D eigenvalue weighted by atomic mass is 9.85. The van der Waals surface area contributed by atoms with Gasteiger partial charge in [-0.15, -0.1) is 0 Å². The van der Waals surface area contributed by atoms with Gasteiger partial charge in [0, 0.05) is 5.56 Å². The van der Waals surface area contributed by atoms with Crippen molar-refractivity contribution in [2.75, 3.05) is 0 Å². The third-order valence-corrected chi connectivity index (χ3v) is 7.23. The Balaban J connectivity index is 1.91. The summed E-state index contributed by atoms with van der Waals surface area (Å²) in [5.74, 6) is 0. The van der Waals surface area contributed by atoms with Gasteiger partial charge in [-0.2, -0.15) is 0 Å². The summed E-state index contributed by atoms with van der Waals surface area (Å²) in [6, 6.07) is 5.56. The fourth-order valence-electron chi connectivity index (χ4n) is 3.42. The molecule has 3 nitrogen and oxygen atoms in total. The molecule has 2 heterocycles. The highest BCUT2D eigenvalue weighted by molar-refractivity contribution is 7.93. The molecule has 2 fully saturated rings. The number of fused-ring (bicyclic) bond motifs is 2. The minimum atomic E-state index is -3.11. The molecule has 2 bridgehead atoms. The molecule has 2 saturated heterocycles. The number of benzene rings is 1. The van der Waals surface area contributed by atoms with E-state index < -0.39 is 32.4 Å². The summed E-state index contributed by atoms with van der Waals surface area (Å²) in [4.78, 5) is 0. The van der Waals surface area contributed by atoms with Gasteiger partial charge in [-0.05, 0) is 31.2 Å². The molecule has 110 valence electrons. The van der Waals surface area contributed by atoms with Gasteiger partial charge in [-0.1, -0.05) is 24.3 Å². The van der Waals surface area contributed by atoms with Crippen LogP contribution >= 0.6 is 0 Å². The second-order valence-electron chi connectivity index (χ2n) is 5.77. The fourth-order valence-corrected chi connectivity index (χ4v) is 5.91. The number of sulfone groups is 1. The molecule has 20 heavy (non-hydrogen) atoms. The van der Waals surface area contributed by atoms with E-state index in [9.17, 15) is 22.3 Å². The van der Waals surface area contributed by atoms with Crippen molar-refractivity contribution >= 4 is 9.84 Å². The van der Waals surface area contributed by atoms with E-state index in [1.807, 2.05) is 0 Å². The largest absolute Gasteiger partial charge is 0.385 e. The fraction of sp³-hybridized carbons (Fsp3) is 0.571. The highest BCUT2D eigenvalue weighted by Crippen LogP contribution is 2.47. The number of hydrogen-bond acceptors (Lipinski definition) is 3. The Morgan fingerprint density at radius 3 is 2.05 bits per heavy atom. The molecule has 0 radical (unpaired) electrons. The zero-order valence-corrected chi connectivity index (χ0v) is 11.6. The molecule has 0 saturated carbocycles. The summed E-state index contributed by atoms with van der Waals surface area (Å²) >= 11 is 0. The molecule has 2 aliphatic rings. The zero-order valence-electron chi connectivity index (χ0n) is 10.8. The van der Waals surface area contributed by atoms with E-state index in [2.05, 4.69) is 0 Å². The minimum absolute atomic E-state index is 0.0937. The van der Waals surface area contributed by atoms with Crippen molar-refractivity contribution in [1.29, 1.82) is 0 Å².